The summed E-state index contributed by atoms with van der Waals surface area (Å²) in [5.74, 6) is 0.179. The number of ether oxygens (including phenoxy) is 4. The molecule has 2 amide bonds. The van der Waals surface area contributed by atoms with Crippen molar-refractivity contribution < 1.29 is 28.5 Å². The molecule has 12 nitrogen and oxygen atoms in total. The molecular formula is C26H32N4O8. The molecule has 0 aliphatic heterocycles. The molecule has 0 unspecified atom stereocenters. The van der Waals surface area contributed by atoms with Gasteiger partial charge in [0.1, 0.15) is 12.3 Å². The number of rotatable bonds is 13. The highest BCUT2D eigenvalue weighted by molar-refractivity contribution is 5.93. The van der Waals surface area contributed by atoms with Gasteiger partial charge in [0.25, 0.3) is 5.56 Å². The van der Waals surface area contributed by atoms with Gasteiger partial charge in [-0.3, -0.25) is 23.5 Å². The van der Waals surface area contributed by atoms with E-state index in [0.29, 0.717) is 31.2 Å². The smallest absolute Gasteiger partial charge is 0.331 e. The first-order chi connectivity index (χ1) is 18.3. The lowest BCUT2D eigenvalue weighted by molar-refractivity contribution is -0.121. The average Bonchev–Trinajstić information content (AvgIpc) is 2.91. The van der Waals surface area contributed by atoms with Crippen molar-refractivity contribution in [2.75, 3.05) is 46.4 Å². The summed E-state index contributed by atoms with van der Waals surface area (Å²) >= 11 is 0. The largest absolute Gasteiger partial charge is 0.493 e. The zero-order valence-electron chi connectivity index (χ0n) is 21.9. The van der Waals surface area contributed by atoms with Crippen molar-refractivity contribution in [3.05, 3.63) is 57.2 Å². The van der Waals surface area contributed by atoms with Gasteiger partial charge in [-0.05, 0) is 25.1 Å². The molecule has 3 aromatic rings. The molecular weight excluding hydrogens is 496 g/mol. The minimum absolute atomic E-state index is 0.119. The van der Waals surface area contributed by atoms with E-state index in [1.807, 2.05) is 6.92 Å². The van der Waals surface area contributed by atoms with Crippen LogP contribution in [0.5, 0.6) is 17.2 Å². The third-order valence-corrected chi connectivity index (χ3v) is 5.68. The maximum absolute atomic E-state index is 13.5. The van der Waals surface area contributed by atoms with Crippen LogP contribution in [0.3, 0.4) is 0 Å². The molecule has 38 heavy (non-hydrogen) atoms. The number of benzene rings is 2. The fraction of sp³-hybridized carbons (Fsp3) is 0.385. The predicted molar refractivity (Wildman–Crippen MR) is 141 cm³/mol. The first kappa shape index (κ1) is 28.3. The lowest BCUT2D eigenvalue weighted by Gasteiger charge is -2.17. The first-order valence-corrected chi connectivity index (χ1v) is 12.0. The van der Waals surface area contributed by atoms with Crippen molar-refractivity contribution in [2.45, 2.75) is 26.4 Å². The zero-order chi connectivity index (χ0) is 27.7. The Labute approximate surface area is 219 Å². The van der Waals surface area contributed by atoms with Gasteiger partial charge in [-0.1, -0.05) is 12.1 Å². The Morgan fingerprint density at radius 3 is 2.32 bits per heavy atom. The molecule has 3 rings (SSSR count). The van der Waals surface area contributed by atoms with Gasteiger partial charge in [-0.25, -0.2) is 4.79 Å². The molecule has 2 N–H and O–H groups in total. The molecule has 12 heteroatoms. The maximum Gasteiger partial charge on any atom is 0.331 e. The normalized spacial score (nSPS) is 10.7. The summed E-state index contributed by atoms with van der Waals surface area (Å²) in [6.07, 6.45) is -0.119. The van der Waals surface area contributed by atoms with Gasteiger partial charge in [0, 0.05) is 32.7 Å². The van der Waals surface area contributed by atoms with E-state index in [-0.39, 0.29) is 41.3 Å². The molecule has 0 aliphatic carbocycles. The second kappa shape index (κ2) is 13.3. The number of carbonyl (C=O) groups is 2. The van der Waals surface area contributed by atoms with Gasteiger partial charge in [-0.15, -0.1) is 0 Å². The number of amides is 2. The van der Waals surface area contributed by atoms with Crippen LogP contribution in [-0.4, -0.2) is 62.0 Å². The van der Waals surface area contributed by atoms with Gasteiger partial charge in [0.15, 0.2) is 11.5 Å². The molecule has 0 bridgehead atoms. The second-order valence-electron chi connectivity index (χ2n) is 8.12. The highest BCUT2D eigenvalue weighted by atomic mass is 16.5. The molecule has 0 saturated heterocycles. The Bertz CT molecular complexity index is 1410. The zero-order valence-corrected chi connectivity index (χ0v) is 21.9. The van der Waals surface area contributed by atoms with E-state index in [1.54, 1.807) is 24.3 Å². The Morgan fingerprint density at radius 2 is 1.63 bits per heavy atom. The quantitative estimate of drug-likeness (QED) is 0.317. The molecule has 0 atom stereocenters. The Hall–Kier alpha value is -4.32. The van der Waals surface area contributed by atoms with Crippen LogP contribution < -0.4 is 36.1 Å². The highest BCUT2D eigenvalue weighted by Crippen LogP contribution is 2.30. The summed E-state index contributed by atoms with van der Waals surface area (Å²) < 4.78 is 23.2. The summed E-state index contributed by atoms with van der Waals surface area (Å²) in [5, 5.41) is 5.54. The minimum atomic E-state index is -0.743. The van der Waals surface area contributed by atoms with Gasteiger partial charge in [-0.2, -0.15) is 0 Å². The van der Waals surface area contributed by atoms with Crippen LogP contribution in [0.25, 0.3) is 10.9 Å². The topological polar surface area (TPSA) is 139 Å². The number of nitrogens with zero attached hydrogens (tertiary/aromatic N) is 2. The van der Waals surface area contributed by atoms with Crippen molar-refractivity contribution in [3.8, 4) is 17.2 Å². The van der Waals surface area contributed by atoms with Gasteiger partial charge < -0.3 is 29.6 Å². The number of nitrogens with one attached hydrogen (secondary N) is 2. The fourth-order valence-electron chi connectivity index (χ4n) is 3.87. The number of aromatic nitrogens is 2. The van der Waals surface area contributed by atoms with Crippen LogP contribution >= 0.6 is 0 Å². The number of carbonyl (C=O) groups excluding carboxylic acids is 2. The van der Waals surface area contributed by atoms with Crippen LogP contribution in [-0.2, 0) is 27.4 Å². The lowest BCUT2D eigenvalue weighted by atomic mass is 10.2. The summed E-state index contributed by atoms with van der Waals surface area (Å²) in [7, 11) is 4.36. The summed E-state index contributed by atoms with van der Waals surface area (Å²) in [5.41, 5.74) is -0.731. The van der Waals surface area contributed by atoms with Crippen LogP contribution in [0.4, 0.5) is 5.69 Å². The first-order valence-electron chi connectivity index (χ1n) is 12.0. The summed E-state index contributed by atoms with van der Waals surface area (Å²) in [4.78, 5) is 52.1. The number of methoxy groups -OCH3 is 3. The molecule has 1 aromatic heterocycles. The molecule has 0 saturated carbocycles. The minimum Gasteiger partial charge on any atom is -0.493 e. The third-order valence-electron chi connectivity index (χ3n) is 5.68. The van der Waals surface area contributed by atoms with Crippen molar-refractivity contribution >= 4 is 28.4 Å². The van der Waals surface area contributed by atoms with E-state index < -0.39 is 23.7 Å². The average molecular weight is 529 g/mol. The van der Waals surface area contributed by atoms with Crippen LogP contribution in [0.15, 0.2) is 46.0 Å². The van der Waals surface area contributed by atoms with Crippen LogP contribution in [0.1, 0.15) is 13.3 Å². The van der Waals surface area contributed by atoms with Crippen molar-refractivity contribution in [1.82, 2.24) is 14.5 Å². The summed E-state index contributed by atoms with van der Waals surface area (Å²) in [6, 6.07) is 9.84. The lowest BCUT2D eigenvalue weighted by Crippen LogP contribution is -2.42. The van der Waals surface area contributed by atoms with E-state index in [2.05, 4.69) is 10.6 Å². The molecule has 0 spiro atoms. The van der Waals surface area contributed by atoms with E-state index >= 15 is 0 Å². The number of para-hydroxylation sites is 2. The molecule has 1 heterocycles. The number of fused-ring (bicyclic) bond motifs is 1. The number of hydrogen-bond donors (Lipinski definition) is 2. The van der Waals surface area contributed by atoms with E-state index in [9.17, 15) is 19.2 Å². The van der Waals surface area contributed by atoms with Gasteiger partial charge in [0.2, 0.25) is 11.8 Å². The van der Waals surface area contributed by atoms with Crippen molar-refractivity contribution in [3.63, 3.8) is 0 Å². The third kappa shape index (κ3) is 6.51. The molecule has 204 valence electrons. The molecule has 0 fully saturated rings. The van der Waals surface area contributed by atoms with Crippen LogP contribution in [0.2, 0.25) is 0 Å². The molecule has 2 aromatic carbocycles. The Kier molecular flexibility index (Phi) is 9.88. The second-order valence-corrected chi connectivity index (χ2v) is 8.12. The molecule has 0 radical (unpaired) electrons. The monoisotopic (exact) mass is 528 g/mol. The van der Waals surface area contributed by atoms with E-state index in [0.717, 1.165) is 4.57 Å². The Morgan fingerprint density at radius 1 is 0.921 bits per heavy atom. The molecule has 0 aliphatic rings. The fourth-order valence-corrected chi connectivity index (χ4v) is 3.87. The standard InChI is InChI=1S/C26H32N4O8/c1-5-38-20-9-7-6-8-18(20)28-24(32)16-30-19-15-22(37-4)21(36-3)14-17(19)25(33)29(26(30)34)12-10-23(31)27-11-13-35-2/h6-9,14-15H,5,10-13,16H2,1-4H3,(H,27,31)(H,28,32). The number of hydrogen-bond acceptors (Lipinski definition) is 8. The van der Waals surface area contributed by atoms with Crippen LogP contribution in [0, 0.1) is 0 Å². The number of anilines is 1. The van der Waals surface area contributed by atoms with Gasteiger partial charge in [0.05, 0.1) is 44.0 Å². The van der Waals surface area contributed by atoms with Gasteiger partial charge >= 0.3 is 5.69 Å². The van der Waals surface area contributed by atoms with Crippen molar-refractivity contribution in [1.29, 1.82) is 0 Å². The SMILES string of the molecule is CCOc1ccccc1NC(=O)Cn1c(=O)n(CCC(=O)NCCOC)c(=O)c2cc(OC)c(OC)cc21. The highest BCUT2D eigenvalue weighted by Gasteiger charge is 2.20. The Balaban J connectivity index is 2.03. The van der Waals surface area contributed by atoms with E-state index in [4.69, 9.17) is 18.9 Å². The maximum atomic E-state index is 13.5. The summed E-state index contributed by atoms with van der Waals surface area (Å²) in [6.45, 7) is 2.26. The van der Waals surface area contributed by atoms with E-state index in [1.165, 1.54) is 38.0 Å². The predicted octanol–water partition coefficient (Wildman–Crippen LogP) is 1.37. The van der Waals surface area contributed by atoms with Crippen molar-refractivity contribution in [2.24, 2.45) is 0 Å².